The van der Waals surface area contributed by atoms with Gasteiger partial charge in [-0.1, -0.05) is 24.3 Å². The summed E-state index contributed by atoms with van der Waals surface area (Å²) in [5.74, 6) is 1.80. The highest BCUT2D eigenvalue weighted by Crippen LogP contribution is 2.25. The molecule has 1 aromatic heterocycles. The van der Waals surface area contributed by atoms with E-state index in [1.54, 1.807) is 13.3 Å². The van der Waals surface area contributed by atoms with Crippen LogP contribution in [0.2, 0.25) is 0 Å². The minimum atomic E-state index is -0.0428. The van der Waals surface area contributed by atoms with Crippen LogP contribution in [0.4, 0.5) is 5.82 Å². The number of anilines is 1. The number of hydrogen-bond acceptors (Lipinski definition) is 4. The molecule has 106 valence electrons. The molecule has 4 nitrogen and oxygen atoms in total. The molecule has 0 bridgehead atoms. The summed E-state index contributed by atoms with van der Waals surface area (Å²) in [5.41, 5.74) is 8.18. The van der Waals surface area contributed by atoms with Crippen LogP contribution in [0.3, 0.4) is 0 Å². The molecule has 0 saturated carbocycles. The van der Waals surface area contributed by atoms with Gasteiger partial charge in [0.25, 0.3) is 0 Å². The number of para-hydroxylation sites is 1. The van der Waals surface area contributed by atoms with Crippen molar-refractivity contribution < 1.29 is 4.74 Å². The first-order valence-electron chi connectivity index (χ1n) is 6.67. The molecular weight excluding hydrogens is 250 g/mol. The Bertz CT molecular complexity index is 569. The molecule has 20 heavy (non-hydrogen) atoms. The monoisotopic (exact) mass is 271 g/mol. The van der Waals surface area contributed by atoms with Crippen LogP contribution >= 0.6 is 0 Å². The Labute approximate surface area is 120 Å². The fraction of sp³-hybridized carbons (Fsp3) is 0.312. The first-order chi connectivity index (χ1) is 9.63. The largest absolute Gasteiger partial charge is 0.496 e. The second kappa shape index (κ2) is 6.39. The van der Waals surface area contributed by atoms with Crippen molar-refractivity contribution in [2.24, 2.45) is 5.73 Å². The number of rotatable bonds is 5. The molecule has 1 heterocycles. The zero-order valence-electron chi connectivity index (χ0n) is 12.2. The molecule has 0 saturated heterocycles. The molecule has 2 rings (SSSR count). The molecule has 1 aromatic carbocycles. The maximum Gasteiger partial charge on any atom is 0.133 e. The van der Waals surface area contributed by atoms with Crippen LogP contribution in [0.15, 0.2) is 42.6 Å². The van der Waals surface area contributed by atoms with Gasteiger partial charge in [-0.2, -0.15) is 0 Å². The summed E-state index contributed by atoms with van der Waals surface area (Å²) in [5, 5.41) is 0. The Balaban J connectivity index is 2.26. The third-order valence-corrected chi connectivity index (χ3v) is 3.27. The van der Waals surface area contributed by atoms with Crippen molar-refractivity contribution in [3.8, 4) is 5.75 Å². The van der Waals surface area contributed by atoms with E-state index in [9.17, 15) is 0 Å². The van der Waals surface area contributed by atoms with E-state index in [4.69, 9.17) is 10.5 Å². The first kappa shape index (κ1) is 14.3. The Hall–Kier alpha value is -2.07. The van der Waals surface area contributed by atoms with Crippen molar-refractivity contribution in [2.45, 2.75) is 19.5 Å². The molecule has 0 aliphatic carbocycles. The van der Waals surface area contributed by atoms with Crippen LogP contribution in [0.1, 0.15) is 24.1 Å². The van der Waals surface area contributed by atoms with Gasteiger partial charge in [-0.05, 0) is 19.1 Å². The lowest BCUT2D eigenvalue weighted by Gasteiger charge is -2.23. The third kappa shape index (κ3) is 3.08. The Morgan fingerprint density at radius 2 is 2.00 bits per heavy atom. The minimum absolute atomic E-state index is 0.0428. The van der Waals surface area contributed by atoms with Gasteiger partial charge in [-0.15, -0.1) is 0 Å². The highest BCUT2D eigenvalue weighted by Gasteiger charge is 2.13. The quantitative estimate of drug-likeness (QED) is 0.908. The summed E-state index contributed by atoms with van der Waals surface area (Å²) in [4.78, 5) is 6.55. The number of methoxy groups -OCH3 is 1. The number of nitrogens with zero attached hydrogens (tertiary/aromatic N) is 2. The van der Waals surface area contributed by atoms with Gasteiger partial charge in [0, 0.05) is 37.0 Å². The van der Waals surface area contributed by atoms with E-state index in [-0.39, 0.29) is 6.04 Å². The van der Waals surface area contributed by atoms with Gasteiger partial charge >= 0.3 is 0 Å². The minimum Gasteiger partial charge on any atom is -0.496 e. The van der Waals surface area contributed by atoms with Gasteiger partial charge in [-0.3, -0.25) is 0 Å². The second-order valence-corrected chi connectivity index (χ2v) is 4.87. The molecule has 0 aliphatic heterocycles. The number of pyridine rings is 1. The highest BCUT2D eigenvalue weighted by atomic mass is 16.5. The van der Waals surface area contributed by atoms with E-state index in [0.717, 1.165) is 29.2 Å². The van der Waals surface area contributed by atoms with Crippen molar-refractivity contribution in [3.63, 3.8) is 0 Å². The SMILES string of the molecule is COc1ccccc1CN(C)c1ncccc1[C@@H](C)N. The summed E-state index contributed by atoms with van der Waals surface area (Å²) in [6, 6.07) is 11.9. The number of aromatic nitrogens is 1. The molecule has 2 N–H and O–H groups in total. The van der Waals surface area contributed by atoms with Crippen LogP contribution < -0.4 is 15.4 Å². The Kier molecular flexibility index (Phi) is 4.58. The van der Waals surface area contributed by atoms with Crippen LogP contribution in [-0.4, -0.2) is 19.1 Å². The molecule has 0 amide bonds. The molecule has 0 fully saturated rings. The summed E-state index contributed by atoms with van der Waals surface area (Å²) >= 11 is 0. The lowest BCUT2D eigenvalue weighted by Crippen LogP contribution is -2.21. The zero-order valence-corrected chi connectivity index (χ0v) is 12.2. The molecular formula is C16H21N3O. The van der Waals surface area contributed by atoms with Crippen molar-refractivity contribution in [1.82, 2.24) is 4.98 Å². The topological polar surface area (TPSA) is 51.4 Å². The molecule has 2 aromatic rings. The standard InChI is InChI=1S/C16H21N3O/c1-12(17)14-8-6-10-18-16(14)19(2)11-13-7-4-5-9-15(13)20-3/h4-10,12H,11,17H2,1-3H3/t12-/m1/s1. The van der Waals surface area contributed by atoms with Gasteiger partial charge in [-0.25, -0.2) is 4.98 Å². The lowest BCUT2D eigenvalue weighted by molar-refractivity contribution is 0.409. The van der Waals surface area contributed by atoms with E-state index < -0.39 is 0 Å². The molecule has 0 radical (unpaired) electrons. The summed E-state index contributed by atoms with van der Waals surface area (Å²) < 4.78 is 5.39. The maximum absolute atomic E-state index is 6.01. The number of hydrogen-bond donors (Lipinski definition) is 1. The zero-order chi connectivity index (χ0) is 14.5. The molecule has 0 spiro atoms. The van der Waals surface area contributed by atoms with E-state index in [0.29, 0.717) is 0 Å². The maximum atomic E-state index is 6.01. The molecule has 4 heteroatoms. The average Bonchev–Trinajstić information content (AvgIpc) is 2.47. The smallest absolute Gasteiger partial charge is 0.133 e. The number of nitrogens with two attached hydrogens (primary N) is 1. The first-order valence-corrected chi connectivity index (χ1v) is 6.67. The highest BCUT2D eigenvalue weighted by molar-refractivity contribution is 5.49. The van der Waals surface area contributed by atoms with Crippen LogP contribution in [0.5, 0.6) is 5.75 Å². The summed E-state index contributed by atoms with van der Waals surface area (Å²) in [7, 11) is 3.70. The van der Waals surface area contributed by atoms with E-state index in [1.165, 1.54) is 0 Å². The predicted molar refractivity (Wildman–Crippen MR) is 81.9 cm³/mol. The van der Waals surface area contributed by atoms with Crippen LogP contribution in [0, 0.1) is 0 Å². The van der Waals surface area contributed by atoms with E-state index in [1.807, 2.05) is 44.3 Å². The Morgan fingerprint density at radius 1 is 1.25 bits per heavy atom. The van der Waals surface area contributed by atoms with Crippen LogP contribution in [-0.2, 0) is 6.54 Å². The van der Waals surface area contributed by atoms with Crippen LogP contribution in [0.25, 0.3) is 0 Å². The Morgan fingerprint density at radius 3 is 2.70 bits per heavy atom. The van der Waals surface area contributed by atoms with Crippen molar-refractivity contribution >= 4 is 5.82 Å². The van der Waals surface area contributed by atoms with Gasteiger partial charge in [0.1, 0.15) is 11.6 Å². The van der Waals surface area contributed by atoms with Crippen molar-refractivity contribution in [3.05, 3.63) is 53.7 Å². The molecule has 0 aliphatic rings. The summed E-state index contributed by atoms with van der Waals surface area (Å²) in [6.45, 7) is 2.69. The fourth-order valence-corrected chi connectivity index (χ4v) is 2.25. The third-order valence-electron chi connectivity index (χ3n) is 3.27. The van der Waals surface area contributed by atoms with Crippen molar-refractivity contribution in [1.29, 1.82) is 0 Å². The lowest BCUT2D eigenvalue weighted by atomic mass is 10.1. The van der Waals surface area contributed by atoms with Gasteiger partial charge < -0.3 is 15.4 Å². The fourth-order valence-electron chi connectivity index (χ4n) is 2.25. The van der Waals surface area contributed by atoms with Gasteiger partial charge in [0.15, 0.2) is 0 Å². The van der Waals surface area contributed by atoms with Gasteiger partial charge in [0.05, 0.1) is 7.11 Å². The summed E-state index contributed by atoms with van der Waals surface area (Å²) in [6.07, 6.45) is 1.79. The second-order valence-electron chi connectivity index (χ2n) is 4.87. The molecule has 1 atom stereocenters. The molecule has 0 unspecified atom stereocenters. The van der Waals surface area contributed by atoms with E-state index in [2.05, 4.69) is 16.0 Å². The van der Waals surface area contributed by atoms with Gasteiger partial charge in [0.2, 0.25) is 0 Å². The normalized spacial score (nSPS) is 12.0. The predicted octanol–water partition coefficient (Wildman–Crippen LogP) is 2.75. The number of benzene rings is 1. The number of ether oxygens (including phenoxy) is 1. The average molecular weight is 271 g/mol. The van der Waals surface area contributed by atoms with E-state index >= 15 is 0 Å². The van der Waals surface area contributed by atoms with Crippen molar-refractivity contribution in [2.75, 3.05) is 19.1 Å².